The van der Waals surface area contributed by atoms with Gasteiger partial charge in [-0.3, -0.25) is 14.5 Å². The number of hydrogen-bond acceptors (Lipinski definition) is 2. The summed E-state index contributed by atoms with van der Waals surface area (Å²) in [6.07, 6.45) is 19.0. The van der Waals surface area contributed by atoms with Crippen LogP contribution in [-0.4, -0.2) is 22.8 Å². The molecule has 1 saturated heterocycles. The molecule has 4 aliphatic rings. The maximum atomic E-state index is 13.0. The topological polar surface area (TPSA) is 37.4 Å². The molecule has 0 aromatic carbocycles. The summed E-state index contributed by atoms with van der Waals surface area (Å²) in [6, 6.07) is 0.175. The van der Waals surface area contributed by atoms with Crippen molar-refractivity contribution in [2.75, 3.05) is 0 Å². The second-order valence-electron chi connectivity index (χ2n) is 8.46. The van der Waals surface area contributed by atoms with Crippen molar-refractivity contribution in [3.05, 3.63) is 12.2 Å². The van der Waals surface area contributed by atoms with E-state index < -0.39 is 0 Å². The van der Waals surface area contributed by atoms with Crippen molar-refractivity contribution >= 4 is 11.8 Å². The van der Waals surface area contributed by atoms with Crippen LogP contribution in [0.3, 0.4) is 0 Å². The molecule has 0 radical (unpaired) electrons. The monoisotopic (exact) mass is 329 g/mol. The summed E-state index contributed by atoms with van der Waals surface area (Å²) < 4.78 is 0. The molecule has 3 nitrogen and oxygen atoms in total. The van der Waals surface area contributed by atoms with E-state index in [0.29, 0.717) is 11.8 Å². The first kappa shape index (κ1) is 16.4. The zero-order chi connectivity index (χ0) is 16.5. The van der Waals surface area contributed by atoms with Gasteiger partial charge in [0.2, 0.25) is 11.8 Å². The minimum Gasteiger partial charge on any atom is -0.279 e. The molecule has 0 aromatic heterocycles. The van der Waals surface area contributed by atoms with Gasteiger partial charge in [0.15, 0.2) is 0 Å². The molecular weight excluding hydrogens is 298 g/mol. The minimum atomic E-state index is -0.0196. The molecule has 3 aliphatic carbocycles. The molecule has 4 rings (SSSR count). The third kappa shape index (κ3) is 2.84. The molecule has 2 saturated carbocycles. The van der Waals surface area contributed by atoms with Crippen molar-refractivity contribution in [1.29, 1.82) is 0 Å². The minimum absolute atomic E-state index is 0.0196. The molecule has 132 valence electrons. The molecule has 0 unspecified atom stereocenters. The lowest BCUT2D eigenvalue weighted by molar-refractivity contribution is -0.143. The maximum Gasteiger partial charge on any atom is 0.233 e. The number of hydrogen-bond donors (Lipinski definition) is 0. The van der Waals surface area contributed by atoms with Crippen LogP contribution in [0.2, 0.25) is 0 Å². The lowest BCUT2D eigenvalue weighted by Gasteiger charge is -2.28. The van der Waals surface area contributed by atoms with Gasteiger partial charge in [-0.25, -0.2) is 0 Å². The van der Waals surface area contributed by atoms with Crippen LogP contribution in [0.1, 0.15) is 77.0 Å². The second-order valence-corrected chi connectivity index (χ2v) is 8.46. The van der Waals surface area contributed by atoms with Crippen molar-refractivity contribution in [2.24, 2.45) is 23.7 Å². The molecule has 3 fully saturated rings. The second kappa shape index (κ2) is 7.01. The van der Waals surface area contributed by atoms with E-state index in [9.17, 15) is 9.59 Å². The van der Waals surface area contributed by atoms with E-state index in [1.165, 1.54) is 57.8 Å². The Balaban J connectivity index is 1.46. The number of fused-ring (bicyclic) bond motifs is 5. The highest BCUT2D eigenvalue weighted by Crippen LogP contribution is 2.53. The van der Waals surface area contributed by atoms with Gasteiger partial charge in [0, 0.05) is 6.04 Å². The molecule has 4 atom stereocenters. The van der Waals surface area contributed by atoms with Gasteiger partial charge in [-0.1, -0.05) is 69.9 Å². The molecule has 0 N–H and O–H groups in total. The van der Waals surface area contributed by atoms with Crippen LogP contribution >= 0.6 is 0 Å². The molecule has 0 aromatic rings. The van der Waals surface area contributed by atoms with E-state index in [2.05, 4.69) is 12.2 Å². The van der Waals surface area contributed by atoms with E-state index >= 15 is 0 Å². The van der Waals surface area contributed by atoms with Gasteiger partial charge in [0.25, 0.3) is 0 Å². The van der Waals surface area contributed by atoms with Gasteiger partial charge >= 0.3 is 0 Å². The summed E-state index contributed by atoms with van der Waals surface area (Å²) in [5, 5.41) is 0. The summed E-state index contributed by atoms with van der Waals surface area (Å²) in [4.78, 5) is 27.8. The van der Waals surface area contributed by atoms with Crippen LogP contribution in [-0.2, 0) is 9.59 Å². The first-order chi connectivity index (χ1) is 11.8. The van der Waals surface area contributed by atoms with Crippen molar-refractivity contribution in [3.8, 4) is 0 Å². The molecule has 3 heteroatoms. The predicted molar refractivity (Wildman–Crippen MR) is 94.1 cm³/mol. The smallest absolute Gasteiger partial charge is 0.233 e. The van der Waals surface area contributed by atoms with Crippen LogP contribution < -0.4 is 0 Å². The van der Waals surface area contributed by atoms with Gasteiger partial charge in [0.1, 0.15) is 0 Å². The van der Waals surface area contributed by atoms with Gasteiger partial charge in [-0.05, 0) is 31.1 Å². The molecule has 0 spiro atoms. The fourth-order valence-corrected chi connectivity index (χ4v) is 5.69. The quantitative estimate of drug-likeness (QED) is 0.526. The third-order valence-electron chi connectivity index (χ3n) is 6.94. The Morgan fingerprint density at radius 3 is 1.54 bits per heavy atom. The van der Waals surface area contributed by atoms with Gasteiger partial charge in [-0.2, -0.15) is 0 Å². The number of carbonyl (C=O) groups excluding carboxylic acids is 2. The Bertz CT molecular complexity index is 484. The average Bonchev–Trinajstić information content (AvgIpc) is 3.23. The SMILES string of the molecule is O=C1[C@@H]2[C@@H](C(=O)N1C1CCCCCCCCCCC1)[C@H]1C=C[C@@H]2C1. The first-order valence-corrected chi connectivity index (χ1v) is 10.3. The lowest BCUT2D eigenvalue weighted by Crippen LogP contribution is -2.42. The average molecular weight is 329 g/mol. The number of amides is 2. The lowest BCUT2D eigenvalue weighted by atomic mass is 9.85. The summed E-state index contributed by atoms with van der Waals surface area (Å²) >= 11 is 0. The summed E-state index contributed by atoms with van der Waals surface area (Å²) in [6.45, 7) is 0. The summed E-state index contributed by atoms with van der Waals surface area (Å²) in [7, 11) is 0. The van der Waals surface area contributed by atoms with E-state index in [1.807, 2.05) is 0 Å². The highest BCUT2D eigenvalue weighted by molar-refractivity contribution is 6.06. The van der Waals surface area contributed by atoms with E-state index in [0.717, 1.165) is 19.3 Å². The first-order valence-electron chi connectivity index (χ1n) is 10.3. The number of likely N-dealkylation sites (tertiary alicyclic amines) is 1. The summed E-state index contributed by atoms with van der Waals surface area (Å²) in [5.41, 5.74) is 0. The molecular formula is C21H31NO2. The van der Waals surface area contributed by atoms with Crippen LogP contribution in [0.5, 0.6) is 0 Å². The van der Waals surface area contributed by atoms with Crippen molar-refractivity contribution in [1.82, 2.24) is 4.90 Å². The van der Waals surface area contributed by atoms with Crippen molar-refractivity contribution in [2.45, 2.75) is 83.1 Å². The molecule has 1 heterocycles. The molecule has 2 bridgehead atoms. The van der Waals surface area contributed by atoms with Crippen LogP contribution in [0.25, 0.3) is 0 Å². The van der Waals surface area contributed by atoms with Crippen molar-refractivity contribution < 1.29 is 9.59 Å². The molecule has 2 amide bonds. The number of imide groups is 1. The Morgan fingerprint density at radius 2 is 1.08 bits per heavy atom. The van der Waals surface area contributed by atoms with Gasteiger partial charge in [0.05, 0.1) is 11.8 Å². The highest BCUT2D eigenvalue weighted by Gasteiger charge is 2.60. The zero-order valence-electron chi connectivity index (χ0n) is 14.8. The normalized spacial score (nSPS) is 38.2. The van der Waals surface area contributed by atoms with Gasteiger partial charge < -0.3 is 0 Å². The number of nitrogens with zero attached hydrogens (tertiary/aromatic N) is 1. The number of rotatable bonds is 1. The third-order valence-corrected chi connectivity index (χ3v) is 6.94. The summed E-state index contributed by atoms with van der Waals surface area (Å²) in [5.74, 6) is 0.973. The Kier molecular flexibility index (Phi) is 4.78. The van der Waals surface area contributed by atoms with Crippen LogP contribution in [0, 0.1) is 23.7 Å². The molecule has 1 aliphatic heterocycles. The van der Waals surface area contributed by atoms with Crippen molar-refractivity contribution in [3.63, 3.8) is 0 Å². The Labute approximate surface area is 145 Å². The fraction of sp³-hybridized carbons (Fsp3) is 0.810. The fourth-order valence-electron chi connectivity index (χ4n) is 5.69. The Morgan fingerprint density at radius 1 is 0.667 bits per heavy atom. The van der Waals surface area contributed by atoms with Gasteiger partial charge in [-0.15, -0.1) is 0 Å². The van der Waals surface area contributed by atoms with E-state index in [1.54, 1.807) is 4.90 Å². The van der Waals surface area contributed by atoms with Crippen LogP contribution in [0.4, 0.5) is 0 Å². The van der Waals surface area contributed by atoms with E-state index in [-0.39, 0.29) is 29.7 Å². The highest BCUT2D eigenvalue weighted by atomic mass is 16.2. The van der Waals surface area contributed by atoms with E-state index in [4.69, 9.17) is 0 Å². The van der Waals surface area contributed by atoms with Crippen LogP contribution in [0.15, 0.2) is 12.2 Å². The predicted octanol–water partition coefficient (Wildman–Crippen LogP) is 4.47. The standard InChI is InChI=1S/C21H31NO2/c23-20-18-15-12-13-16(14-15)19(18)21(24)22(20)17-10-8-6-4-2-1-3-5-7-9-11-17/h12-13,15-19H,1-11,14H2/t15-,16+,18-,19-/m0/s1. The molecule has 24 heavy (non-hydrogen) atoms. The zero-order valence-corrected chi connectivity index (χ0v) is 14.8. The maximum absolute atomic E-state index is 13.0. The number of allylic oxidation sites excluding steroid dienone is 2. The Hall–Kier alpha value is -1.12. The number of carbonyl (C=O) groups is 2. The largest absolute Gasteiger partial charge is 0.279 e.